The Bertz CT molecular complexity index is 540. The van der Waals surface area contributed by atoms with Crippen LogP contribution >= 0.6 is 11.3 Å². The molecule has 18 heavy (non-hydrogen) atoms. The van der Waals surface area contributed by atoms with E-state index >= 15 is 0 Å². The second kappa shape index (κ2) is 5.49. The Balaban J connectivity index is 2.46. The molecule has 0 aliphatic rings. The van der Waals surface area contributed by atoms with Crippen molar-refractivity contribution >= 4 is 33.3 Å². The molecule has 2 aromatic rings. The first-order chi connectivity index (χ1) is 8.65. The summed E-state index contributed by atoms with van der Waals surface area (Å²) in [4.78, 5) is 13.0. The number of nitrogen functional groups attached to an aromatic ring is 1. The zero-order valence-corrected chi connectivity index (χ0v) is 11.8. The average molecular weight is 266 g/mol. The van der Waals surface area contributed by atoms with E-state index in [9.17, 15) is 0 Å². The van der Waals surface area contributed by atoms with Gasteiger partial charge in [0.1, 0.15) is 10.6 Å². The van der Waals surface area contributed by atoms with Gasteiger partial charge in [0.2, 0.25) is 5.95 Å². The highest BCUT2D eigenvalue weighted by atomic mass is 32.1. The largest absolute Gasteiger partial charge is 0.383 e. The van der Waals surface area contributed by atoms with E-state index < -0.39 is 0 Å². The normalized spacial score (nSPS) is 11.1. The van der Waals surface area contributed by atoms with Gasteiger partial charge in [-0.25, -0.2) is 4.98 Å². The molecular formula is C12H18N4OS. The molecule has 0 saturated heterocycles. The summed E-state index contributed by atoms with van der Waals surface area (Å²) in [5.41, 5.74) is 5.78. The number of fused-ring (bicyclic) bond motifs is 1. The Morgan fingerprint density at radius 2 is 2.22 bits per heavy atom. The Morgan fingerprint density at radius 1 is 1.44 bits per heavy atom. The molecule has 0 fully saturated rings. The zero-order chi connectivity index (χ0) is 13.1. The minimum Gasteiger partial charge on any atom is -0.383 e. The van der Waals surface area contributed by atoms with Gasteiger partial charge in [0.25, 0.3) is 0 Å². The van der Waals surface area contributed by atoms with Crippen LogP contribution in [0, 0.1) is 6.92 Å². The second-order valence-electron chi connectivity index (χ2n) is 4.05. The minimum absolute atomic E-state index is 0.329. The van der Waals surface area contributed by atoms with Crippen LogP contribution in [0.2, 0.25) is 0 Å². The molecule has 6 heteroatoms. The number of hydrogen-bond donors (Lipinski definition) is 1. The molecule has 0 aromatic carbocycles. The highest BCUT2D eigenvalue weighted by Crippen LogP contribution is 2.30. The molecule has 0 radical (unpaired) electrons. The number of rotatable bonds is 5. The molecule has 0 spiro atoms. The lowest BCUT2D eigenvalue weighted by molar-refractivity contribution is 0.205. The van der Waals surface area contributed by atoms with E-state index in [4.69, 9.17) is 10.5 Å². The van der Waals surface area contributed by atoms with Crippen LogP contribution in [0.1, 0.15) is 11.8 Å². The lowest BCUT2D eigenvalue weighted by Crippen LogP contribution is -2.28. The van der Waals surface area contributed by atoms with Crippen LogP contribution in [0.25, 0.3) is 10.2 Å². The molecule has 0 amide bonds. The van der Waals surface area contributed by atoms with Gasteiger partial charge in [0.05, 0.1) is 12.0 Å². The predicted molar refractivity (Wildman–Crippen MR) is 76.3 cm³/mol. The van der Waals surface area contributed by atoms with Crippen LogP contribution in [-0.2, 0) is 4.74 Å². The maximum Gasteiger partial charge on any atom is 0.223 e. The molecule has 2 rings (SSSR count). The molecule has 0 aliphatic heterocycles. The number of nitrogens with zero attached hydrogens (tertiary/aromatic N) is 3. The van der Waals surface area contributed by atoms with E-state index in [1.807, 2.05) is 0 Å². The smallest absolute Gasteiger partial charge is 0.223 e. The number of methoxy groups -OCH3 is 1. The van der Waals surface area contributed by atoms with Gasteiger partial charge in [-0.3, -0.25) is 0 Å². The third-order valence-corrected chi connectivity index (χ3v) is 3.70. The van der Waals surface area contributed by atoms with Gasteiger partial charge in [-0.15, -0.1) is 11.3 Å². The molecule has 5 nitrogen and oxygen atoms in total. The van der Waals surface area contributed by atoms with Crippen molar-refractivity contribution < 1.29 is 4.74 Å². The van der Waals surface area contributed by atoms with Crippen LogP contribution in [0.4, 0.5) is 11.8 Å². The maximum absolute atomic E-state index is 5.78. The topological polar surface area (TPSA) is 64.3 Å². The monoisotopic (exact) mass is 266 g/mol. The third-order valence-electron chi connectivity index (χ3n) is 2.76. The van der Waals surface area contributed by atoms with Crippen molar-refractivity contribution in [1.29, 1.82) is 0 Å². The van der Waals surface area contributed by atoms with Gasteiger partial charge in [0.15, 0.2) is 0 Å². The number of aromatic nitrogens is 2. The summed E-state index contributed by atoms with van der Waals surface area (Å²) >= 11 is 1.64. The van der Waals surface area contributed by atoms with E-state index in [0.29, 0.717) is 12.6 Å². The summed E-state index contributed by atoms with van der Waals surface area (Å²) in [5, 5.41) is 1.07. The average Bonchev–Trinajstić information content (AvgIpc) is 2.70. The van der Waals surface area contributed by atoms with Gasteiger partial charge in [-0.1, -0.05) is 0 Å². The SMILES string of the molecule is CCN(CCOC)c1nc(N)nc2sc(C)cc12. The summed E-state index contributed by atoms with van der Waals surface area (Å²) in [6.07, 6.45) is 0. The number of hydrogen-bond acceptors (Lipinski definition) is 6. The summed E-state index contributed by atoms with van der Waals surface area (Å²) in [6.45, 7) is 6.50. The molecule has 2 aromatic heterocycles. The van der Waals surface area contributed by atoms with Crippen LogP contribution in [-0.4, -0.2) is 36.8 Å². The van der Waals surface area contributed by atoms with Crippen LogP contribution in [0.15, 0.2) is 6.07 Å². The fourth-order valence-electron chi connectivity index (χ4n) is 1.90. The molecule has 2 heterocycles. The van der Waals surface area contributed by atoms with E-state index in [-0.39, 0.29) is 0 Å². The van der Waals surface area contributed by atoms with Gasteiger partial charge in [0, 0.05) is 25.1 Å². The maximum atomic E-state index is 5.78. The number of likely N-dealkylation sites (N-methyl/N-ethyl adjacent to an activating group) is 1. The number of ether oxygens (including phenoxy) is 1. The van der Waals surface area contributed by atoms with Crippen molar-refractivity contribution in [3.8, 4) is 0 Å². The molecule has 0 atom stereocenters. The Labute approximate surface area is 111 Å². The summed E-state index contributed by atoms with van der Waals surface area (Å²) < 4.78 is 5.13. The van der Waals surface area contributed by atoms with Crippen LogP contribution in [0.3, 0.4) is 0 Å². The van der Waals surface area contributed by atoms with Gasteiger partial charge in [-0.2, -0.15) is 4.98 Å². The van der Waals surface area contributed by atoms with E-state index in [1.54, 1.807) is 18.4 Å². The Kier molecular flexibility index (Phi) is 3.98. The number of aryl methyl sites for hydroxylation is 1. The highest BCUT2D eigenvalue weighted by Gasteiger charge is 2.14. The van der Waals surface area contributed by atoms with Crippen LogP contribution in [0.5, 0.6) is 0 Å². The fourth-order valence-corrected chi connectivity index (χ4v) is 2.78. The van der Waals surface area contributed by atoms with Crippen LogP contribution < -0.4 is 10.6 Å². The molecule has 0 bridgehead atoms. The molecule has 0 saturated carbocycles. The molecule has 0 unspecified atom stereocenters. The second-order valence-corrected chi connectivity index (χ2v) is 5.29. The third kappa shape index (κ3) is 2.54. The van der Waals surface area contributed by atoms with E-state index in [1.165, 1.54) is 4.88 Å². The number of nitrogens with two attached hydrogens (primary N) is 1. The first kappa shape index (κ1) is 13.0. The number of thiophene rings is 1. The zero-order valence-electron chi connectivity index (χ0n) is 10.9. The summed E-state index contributed by atoms with van der Waals surface area (Å²) in [7, 11) is 1.70. The van der Waals surface area contributed by atoms with Gasteiger partial charge < -0.3 is 15.4 Å². The lowest BCUT2D eigenvalue weighted by atomic mass is 10.3. The molecule has 98 valence electrons. The van der Waals surface area contributed by atoms with Gasteiger partial charge in [-0.05, 0) is 19.9 Å². The molecule has 2 N–H and O–H groups in total. The van der Waals surface area contributed by atoms with Crippen molar-refractivity contribution in [3.63, 3.8) is 0 Å². The highest BCUT2D eigenvalue weighted by molar-refractivity contribution is 7.18. The summed E-state index contributed by atoms with van der Waals surface area (Å²) in [6, 6.07) is 2.12. The Hall–Kier alpha value is -1.40. The fraction of sp³-hybridized carbons (Fsp3) is 0.500. The number of anilines is 2. The predicted octanol–water partition coefficient (Wildman–Crippen LogP) is 2.05. The first-order valence-electron chi connectivity index (χ1n) is 5.93. The standard InChI is InChI=1S/C12H18N4OS/c1-4-16(5-6-17-3)10-9-7-8(2)18-11(9)15-12(13)14-10/h7H,4-6H2,1-3H3,(H2,13,14,15). The van der Waals surface area contributed by atoms with Crippen molar-refractivity contribution in [1.82, 2.24) is 9.97 Å². The van der Waals surface area contributed by atoms with Crippen molar-refractivity contribution in [2.24, 2.45) is 0 Å². The van der Waals surface area contributed by atoms with Crippen molar-refractivity contribution in [2.75, 3.05) is 37.4 Å². The van der Waals surface area contributed by atoms with E-state index in [0.717, 1.165) is 29.1 Å². The lowest BCUT2D eigenvalue weighted by Gasteiger charge is -2.22. The van der Waals surface area contributed by atoms with E-state index in [2.05, 4.69) is 34.8 Å². The quantitative estimate of drug-likeness (QED) is 0.897. The molecular weight excluding hydrogens is 248 g/mol. The first-order valence-corrected chi connectivity index (χ1v) is 6.75. The minimum atomic E-state index is 0.329. The van der Waals surface area contributed by atoms with Crippen molar-refractivity contribution in [2.45, 2.75) is 13.8 Å². The molecule has 0 aliphatic carbocycles. The van der Waals surface area contributed by atoms with Crippen molar-refractivity contribution in [3.05, 3.63) is 10.9 Å². The summed E-state index contributed by atoms with van der Waals surface area (Å²) in [5.74, 6) is 1.23. The van der Waals surface area contributed by atoms with Gasteiger partial charge >= 0.3 is 0 Å². The Morgan fingerprint density at radius 3 is 2.89 bits per heavy atom.